The van der Waals surface area contributed by atoms with E-state index in [9.17, 15) is 19.2 Å². The normalized spacial score (nSPS) is 20.0. The molecule has 10 rings (SSSR count). The molecule has 0 saturated carbocycles. The van der Waals surface area contributed by atoms with Crippen molar-refractivity contribution in [2.24, 2.45) is 5.92 Å². The summed E-state index contributed by atoms with van der Waals surface area (Å²) in [5, 5.41) is 8.02. The fourth-order valence-electron chi connectivity index (χ4n) is 11.1. The fraction of sp³-hybridized carbons (Fsp3) is 0.491. The molecule has 0 aliphatic carbocycles. The third-order valence-corrected chi connectivity index (χ3v) is 15.2. The number of carbonyl (C=O) groups excluding carboxylic acids is 3. The van der Waals surface area contributed by atoms with E-state index in [0.717, 1.165) is 102 Å². The van der Waals surface area contributed by atoms with Crippen molar-refractivity contribution in [2.75, 3.05) is 111 Å². The zero-order valence-corrected chi connectivity index (χ0v) is 40.0. The minimum atomic E-state index is -0.590. The predicted molar refractivity (Wildman–Crippen MR) is 263 cm³/mol. The number of carbonyl (C=O) groups is 3. The van der Waals surface area contributed by atoms with Crippen LogP contribution in [0.2, 0.25) is 0 Å². The summed E-state index contributed by atoms with van der Waals surface area (Å²) >= 11 is 0. The summed E-state index contributed by atoms with van der Waals surface area (Å²) in [4.78, 5) is 76.1. The van der Waals surface area contributed by atoms with Gasteiger partial charge in [0, 0.05) is 121 Å². The lowest BCUT2D eigenvalue weighted by atomic mass is 9.90. The molecule has 3 aromatic carbocycles. The molecule has 5 aliphatic rings. The van der Waals surface area contributed by atoms with Crippen molar-refractivity contribution < 1.29 is 23.5 Å². The number of piperazine rings is 2. The minimum Gasteiger partial charge on any atom is -0.492 e. The first-order valence-corrected chi connectivity index (χ1v) is 25.2. The SMILES string of the molecule is O=C(CN1CCN(CC2CCN(CCOc3cccc([C@H]4CCCN(C(=O)CN5Cc6cncnc6C5)C4)c3)CC2)CC1)N1CCN(C(=O)c2cc(Cc3n[nH]c(=O)c4ccccc34)ccc2F)CC1. The van der Waals surface area contributed by atoms with Gasteiger partial charge in [-0.1, -0.05) is 36.4 Å². The molecule has 0 unspecified atom stereocenters. The molecule has 2 aromatic heterocycles. The Balaban J connectivity index is 0.600. The average molecular weight is 954 g/mol. The van der Waals surface area contributed by atoms with Crippen LogP contribution in [0.1, 0.15) is 70.0 Å². The van der Waals surface area contributed by atoms with Crippen LogP contribution >= 0.6 is 0 Å². The first-order chi connectivity index (χ1) is 34.2. The number of piperidine rings is 2. The van der Waals surface area contributed by atoms with E-state index in [1.807, 2.05) is 34.2 Å². The molecular formula is C53H64FN11O5. The summed E-state index contributed by atoms with van der Waals surface area (Å²) in [7, 11) is 0. The van der Waals surface area contributed by atoms with Gasteiger partial charge >= 0.3 is 0 Å². The largest absolute Gasteiger partial charge is 0.492 e. The summed E-state index contributed by atoms with van der Waals surface area (Å²) in [6.07, 6.45) is 8.16. The monoisotopic (exact) mass is 954 g/mol. The zero-order chi connectivity index (χ0) is 48.0. The van der Waals surface area contributed by atoms with Crippen LogP contribution in [0.4, 0.5) is 4.39 Å². The molecule has 1 N–H and O–H groups in total. The summed E-state index contributed by atoms with van der Waals surface area (Å²) < 4.78 is 21.4. The number of hydrogen-bond acceptors (Lipinski definition) is 12. The number of H-pyrrole nitrogens is 1. The minimum absolute atomic E-state index is 0.00540. The molecule has 1 atom stereocenters. The lowest BCUT2D eigenvalue weighted by Crippen LogP contribution is -2.55. The molecule has 5 aliphatic heterocycles. The van der Waals surface area contributed by atoms with Gasteiger partial charge in [-0.15, -0.1) is 0 Å². The van der Waals surface area contributed by atoms with Gasteiger partial charge in [-0.2, -0.15) is 5.10 Å². The maximum absolute atomic E-state index is 15.1. The van der Waals surface area contributed by atoms with E-state index in [1.165, 1.54) is 24.5 Å². The number of ether oxygens (including phenoxy) is 1. The van der Waals surface area contributed by atoms with Crippen LogP contribution in [0, 0.1) is 11.7 Å². The van der Waals surface area contributed by atoms with Gasteiger partial charge in [-0.05, 0) is 86.1 Å². The van der Waals surface area contributed by atoms with Crippen molar-refractivity contribution in [3.05, 3.63) is 129 Å². The number of amides is 3. The van der Waals surface area contributed by atoms with Crippen molar-refractivity contribution in [2.45, 2.75) is 51.1 Å². The van der Waals surface area contributed by atoms with Crippen molar-refractivity contribution >= 4 is 28.5 Å². The second-order valence-corrected chi connectivity index (χ2v) is 19.8. The Morgan fingerprint density at radius 2 is 1.49 bits per heavy atom. The quantitative estimate of drug-likeness (QED) is 0.172. The third-order valence-electron chi connectivity index (χ3n) is 15.2. The number of halogens is 1. The summed E-state index contributed by atoms with van der Waals surface area (Å²) in [5.41, 5.74) is 4.44. The molecular weight excluding hydrogens is 890 g/mol. The number of nitrogens with one attached hydrogen (secondary N) is 1. The topological polar surface area (TPSA) is 155 Å². The van der Waals surface area contributed by atoms with E-state index < -0.39 is 11.7 Å². The number of hydrogen-bond donors (Lipinski definition) is 1. The second kappa shape index (κ2) is 21.9. The molecule has 4 fully saturated rings. The highest BCUT2D eigenvalue weighted by Crippen LogP contribution is 2.30. The average Bonchev–Trinajstić information content (AvgIpc) is 3.81. The van der Waals surface area contributed by atoms with Crippen molar-refractivity contribution in [3.63, 3.8) is 0 Å². The Morgan fingerprint density at radius 3 is 2.30 bits per heavy atom. The smallest absolute Gasteiger partial charge is 0.272 e. The molecule has 368 valence electrons. The predicted octanol–water partition coefficient (Wildman–Crippen LogP) is 3.86. The fourth-order valence-corrected chi connectivity index (χ4v) is 11.1. The van der Waals surface area contributed by atoms with Gasteiger partial charge in [-0.25, -0.2) is 19.5 Å². The van der Waals surface area contributed by atoms with Gasteiger partial charge in [0.15, 0.2) is 0 Å². The molecule has 4 saturated heterocycles. The molecule has 17 heteroatoms. The van der Waals surface area contributed by atoms with Gasteiger partial charge in [0.05, 0.1) is 35.4 Å². The first kappa shape index (κ1) is 47.5. The number of rotatable bonds is 14. The van der Waals surface area contributed by atoms with Gasteiger partial charge in [-0.3, -0.25) is 33.9 Å². The number of benzene rings is 3. The van der Waals surface area contributed by atoms with E-state index >= 15 is 4.39 Å². The summed E-state index contributed by atoms with van der Waals surface area (Å²) in [6.45, 7) is 13.6. The number of fused-ring (bicyclic) bond motifs is 2. The Kier molecular flexibility index (Phi) is 14.9. The molecule has 70 heavy (non-hydrogen) atoms. The highest BCUT2D eigenvalue weighted by Gasteiger charge is 2.31. The second-order valence-electron chi connectivity index (χ2n) is 19.8. The number of aromatic amines is 1. The number of likely N-dealkylation sites (tertiary alicyclic amines) is 2. The Bertz CT molecular complexity index is 2690. The molecule has 0 radical (unpaired) electrons. The van der Waals surface area contributed by atoms with E-state index in [0.29, 0.717) is 92.7 Å². The highest BCUT2D eigenvalue weighted by atomic mass is 19.1. The summed E-state index contributed by atoms with van der Waals surface area (Å²) in [6, 6.07) is 20.2. The third kappa shape index (κ3) is 11.4. The van der Waals surface area contributed by atoms with Gasteiger partial charge in [0.25, 0.3) is 11.5 Å². The molecule has 7 heterocycles. The van der Waals surface area contributed by atoms with Crippen LogP contribution in [-0.4, -0.2) is 184 Å². The zero-order valence-electron chi connectivity index (χ0n) is 40.0. The van der Waals surface area contributed by atoms with E-state index in [-0.39, 0.29) is 22.9 Å². The van der Waals surface area contributed by atoms with Crippen LogP contribution in [0.15, 0.2) is 84.0 Å². The number of aromatic nitrogens is 4. The first-order valence-electron chi connectivity index (χ1n) is 25.2. The standard InChI is InChI=1S/C53H64FN11O5/c54-47-11-10-39(28-48-44-8-1-2-9-45(44)52(68)58-57-48)27-46(47)53(69)64-23-21-63(22-24-64)50(66)35-61-19-17-60(18-20-61)31-38-12-15-59(16-13-38)25-26-70-43-7-3-5-40(29-43)41-6-4-14-65(33-41)51(67)36-62-32-42-30-55-37-56-49(42)34-62/h1-3,5,7-11,27,29-30,37-38,41H,4,6,12-26,28,31-36H2,(H,58,68)/t41-/m0/s1. The van der Waals surface area contributed by atoms with Gasteiger partial charge < -0.3 is 24.3 Å². The number of nitrogens with zero attached hydrogens (tertiary/aromatic N) is 10. The Morgan fingerprint density at radius 1 is 0.729 bits per heavy atom. The van der Waals surface area contributed by atoms with Crippen LogP contribution < -0.4 is 10.3 Å². The van der Waals surface area contributed by atoms with E-state index in [4.69, 9.17) is 4.74 Å². The Hall–Kier alpha value is -6.14. The van der Waals surface area contributed by atoms with Crippen molar-refractivity contribution in [3.8, 4) is 5.75 Å². The maximum Gasteiger partial charge on any atom is 0.272 e. The molecule has 16 nitrogen and oxygen atoms in total. The highest BCUT2D eigenvalue weighted by molar-refractivity contribution is 5.95. The van der Waals surface area contributed by atoms with Gasteiger partial charge in [0.2, 0.25) is 11.8 Å². The summed E-state index contributed by atoms with van der Waals surface area (Å²) in [5.74, 6) is 1.13. The maximum atomic E-state index is 15.1. The van der Waals surface area contributed by atoms with Crippen molar-refractivity contribution in [1.82, 2.24) is 54.5 Å². The van der Waals surface area contributed by atoms with E-state index in [2.05, 4.69) is 58.0 Å². The lowest BCUT2D eigenvalue weighted by molar-refractivity contribution is -0.134. The molecule has 0 bridgehead atoms. The van der Waals surface area contributed by atoms with Crippen LogP contribution in [0.5, 0.6) is 5.75 Å². The van der Waals surface area contributed by atoms with E-state index in [1.54, 1.807) is 35.5 Å². The Labute approximate surface area is 408 Å². The van der Waals surface area contributed by atoms with Crippen LogP contribution in [0.25, 0.3) is 10.8 Å². The van der Waals surface area contributed by atoms with Crippen LogP contribution in [0.3, 0.4) is 0 Å². The van der Waals surface area contributed by atoms with Crippen molar-refractivity contribution in [1.29, 1.82) is 0 Å². The van der Waals surface area contributed by atoms with Crippen LogP contribution in [-0.2, 0) is 29.1 Å². The lowest BCUT2D eigenvalue weighted by Gasteiger charge is -2.40. The van der Waals surface area contributed by atoms with Gasteiger partial charge in [0.1, 0.15) is 24.5 Å². The molecule has 3 amide bonds. The molecule has 0 spiro atoms. The molecule has 5 aromatic rings.